The van der Waals surface area contributed by atoms with Crippen LogP contribution in [0.5, 0.6) is 17.2 Å². The van der Waals surface area contributed by atoms with E-state index in [9.17, 15) is 4.79 Å². The highest BCUT2D eigenvalue weighted by Crippen LogP contribution is 2.32. The molecule has 0 saturated carbocycles. The second kappa shape index (κ2) is 8.43. The number of benzene rings is 3. The van der Waals surface area contributed by atoms with Gasteiger partial charge in [0, 0.05) is 16.5 Å². The van der Waals surface area contributed by atoms with Gasteiger partial charge in [0.2, 0.25) is 0 Å². The number of nitrogens with one attached hydrogen (secondary N) is 1. The molecule has 0 aliphatic heterocycles. The number of anilines is 1. The first-order valence-electron chi connectivity index (χ1n) is 9.33. The summed E-state index contributed by atoms with van der Waals surface area (Å²) in [7, 11) is 1.61. The fourth-order valence-electron chi connectivity index (χ4n) is 3.09. The molecule has 5 nitrogen and oxygen atoms in total. The largest absolute Gasteiger partial charge is 0.497 e. The molecule has 1 amide bonds. The number of rotatable bonds is 5. The van der Waals surface area contributed by atoms with Crippen molar-refractivity contribution in [1.29, 1.82) is 0 Å². The molecular formula is C24H19ClN2O3. The second-order valence-electron chi connectivity index (χ2n) is 6.69. The molecule has 0 radical (unpaired) electrons. The first-order valence-corrected chi connectivity index (χ1v) is 9.70. The highest BCUT2D eigenvalue weighted by atomic mass is 35.5. The minimum atomic E-state index is -0.294. The van der Waals surface area contributed by atoms with Crippen molar-refractivity contribution in [2.75, 3.05) is 12.4 Å². The van der Waals surface area contributed by atoms with Gasteiger partial charge in [0.15, 0.2) is 5.75 Å². The van der Waals surface area contributed by atoms with Crippen molar-refractivity contribution in [3.63, 3.8) is 0 Å². The summed E-state index contributed by atoms with van der Waals surface area (Å²) in [6.45, 7) is 1.80. The average Bonchev–Trinajstić information content (AvgIpc) is 2.75. The molecule has 4 aromatic rings. The molecule has 1 heterocycles. The number of halogens is 1. The van der Waals surface area contributed by atoms with Gasteiger partial charge in [-0.2, -0.15) is 0 Å². The molecule has 1 N–H and O–H groups in total. The predicted octanol–water partition coefficient (Wildman–Crippen LogP) is 6.25. The molecule has 0 bridgehead atoms. The molecule has 4 rings (SSSR count). The molecule has 150 valence electrons. The van der Waals surface area contributed by atoms with Crippen LogP contribution in [-0.4, -0.2) is 18.0 Å². The molecule has 0 fully saturated rings. The van der Waals surface area contributed by atoms with Gasteiger partial charge in [0.25, 0.3) is 5.91 Å². The Kier molecular flexibility index (Phi) is 5.55. The Morgan fingerprint density at radius 2 is 1.77 bits per heavy atom. The fraction of sp³-hybridized carbons (Fsp3) is 0.0833. The minimum Gasteiger partial charge on any atom is -0.497 e. The van der Waals surface area contributed by atoms with Crippen LogP contribution in [0.4, 0.5) is 5.69 Å². The molecule has 0 aliphatic rings. The first-order chi connectivity index (χ1) is 14.5. The van der Waals surface area contributed by atoms with Crippen LogP contribution in [0.15, 0.2) is 72.8 Å². The molecule has 0 atom stereocenters. The van der Waals surface area contributed by atoms with E-state index in [0.717, 1.165) is 10.9 Å². The van der Waals surface area contributed by atoms with Crippen LogP contribution in [0.3, 0.4) is 0 Å². The van der Waals surface area contributed by atoms with E-state index in [2.05, 4.69) is 10.3 Å². The van der Waals surface area contributed by atoms with E-state index in [4.69, 9.17) is 21.1 Å². The summed E-state index contributed by atoms with van der Waals surface area (Å²) in [5.41, 5.74) is 2.32. The third kappa shape index (κ3) is 4.21. The monoisotopic (exact) mass is 418 g/mol. The van der Waals surface area contributed by atoms with E-state index in [-0.39, 0.29) is 5.91 Å². The van der Waals surface area contributed by atoms with Gasteiger partial charge in [-0.05, 0) is 55.5 Å². The summed E-state index contributed by atoms with van der Waals surface area (Å²) < 4.78 is 11.2. The van der Waals surface area contributed by atoms with Gasteiger partial charge in [-0.15, -0.1) is 0 Å². The van der Waals surface area contributed by atoms with Crippen LogP contribution < -0.4 is 14.8 Å². The van der Waals surface area contributed by atoms with Crippen molar-refractivity contribution in [3.05, 3.63) is 89.1 Å². The number of carbonyl (C=O) groups is 1. The summed E-state index contributed by atoms with van der Waals surface area (Å²) in [6, 6.07) is 21.8. The van der Waals surface area contributed by atoms with Crippen molar-refractivity contribution >= 4 is 34.1 Å². The van der Waals surface area contributed by atoms with Crippen LogP contribution in [0, 0.1) is 6.92 Å². The molecule has 0 aliphatic carbocycles. The Balaban J connectivity index is 1.65. The summed E-state index contributed by atoms with van der Waals surface area (Å²) in [6.07, 6.45) is 0. The summed E-state index contributed by atoms with van der Waals surface area (Å²) in [4.78, 5) is 17.6. The number of para-hydroxylation sites is 1. The Hall–Kier alpha value is -3.57. The number of hydrogen-bond donors (Lipinski definition) is 1. The van der Waals surface area contributed by atoms with Crippen molar-refractivity contribution in [2.24, 2.45) is 0 Å². The highest BCUT2D eigenvalue weighted by Gasteiger charge is 2.15. The van der Waals surface area contributed by atoms with Gasteiger partial charge in [-0.1, -0.05) is 29.8 Å². The standard InChI is InChI=1S/C24H19ClN2O3/c1-15-20(12-16-8-10-19(29-2)14-21(16)26-15)24(28)27-22-13-17(25)9-11-23(22)30-18-6-4-3-5-7-18/h3-14H,1-2H3,(H,27,28). The topological polar surface area (TPSA) is 60.5 Å². The second-order valence-corrected chi connectivity index (χ2v) is 7.13. The number of methoxy groups -OCH3 is 1. The van der Waals surface area contributed by atoms with E-state index in [1.54, 1.807) is 32.2 Å². The number of nitrogens with zero attached hydrogens (tertiary/aromatic N) is 1. The molecule has 30 heavy (non-hydrogen) atoms. The van der Waals surface area contributed by atoms with E-state index >= 15 is 0 Å². The number of pyridine rings is 1. The van der Waals surface area contributed by atoms with Crippen LogP contribution in [0.25, 0.3) is 10.9 Å². The predicted molar refractivity (Wildman–Crippen MR) is 119 cm³/mol. The van der Waals surface area contributed by atoms with E-state index in [0.29, 0.717) is 39.2 Å². The number of ether oxygens (including phenoxy) is 2. The Bertz CT molecular complexity index is 1230. The van der Waals surface area contributed by atoms with Gasteiger partial charge >= 0.3 is 0 Å². The van der Waals surface area contributed by atoms with E-state index in [1.165, 1.54) is 0 Å². The molecule has 6 heteroatoms. The van der Waals surface area contributed by atoms with Crippen molar-refractivity contribution in [1.82, 2.24) is 4.98 Å². The van der Waals surface area contributed by atoms with Gasteiger partial charge < -0.3 is 14.8 Å². The number of carbonyl (C=O) groups excluding carboxylic acids is 1. The lowest BCUT2D eigenvalue weighted by atomic mass is 10.1. The molecule has 0 spiro atoms. The maximum Gasteiger partial charge on any atom is 0.257 e. The van der Waals surface area contributed by atoms with Crippen molar-refractivity contribution in [2.45, 2.75) is 6.92 Å². The number of aryl methyl sites for hydroxylation is 1. The lowest BCUT2D eigenvalue weighted by molar-refractivity contribution is 0.102. The molecule has 0 unspecified atom stereocenters. The molecule has 1 aromatic heterocycles. The number of fused-ring (bicyclic) bond motifs is 1. The Morgan fingerprint density at radius 3 is 2.53 bits per heavy atom. The number of amides is 1. The van der Waals surface area contributed by atoms with Crippen LogP contribution in [0.1, 0.15) is 16.1 Å². The molecule has 0 saturated heterocycles. The molecular weight excluding hydrogens is 400 g/mol. The lowest BCUT2D eigenvalue weighted by Crippen LogP contribution is -2.15. The maximum absolute atomic E-state index is 13.0. The number of aromatic nitrogens is 1. The van der Waals surface area contributed by atoms with Crippen LogP contribution in [-0.2, 0) is 0 Å². The van der Waals surface area contributed by atoms with Crippen molar-refractivity contribution < 1.29 is 14.3 Å². The zero-order valence-electron chi connectivity index (χ0n) is 16.5. The summed E-state index contributed by atoms with van der Waals surface area (Å²) >= 11 is 6.16. The average molecular weight is 419 g/mol. The van der Waals surface area contributed by atoms with Gasteiger partial charge in [-0.3, -0.25) is 9.78 Å². The van der Waals surface area contributed by atoms with Gasteiger partial charge in [0.1, 0.15) is 11.5 Å². The van der Waals surface area contributed by atoms with Crippen molar-refractivity contribution in [3.8, 4) is 17.2 Å². The molecule has 3 aromatic carbocycles. The van der Waals surface area contributed by atoms with E-state index in [1.807, 2.05) is 54.6 Å². The first kappa shape index (κ1) is 19.7. The number of hydrogen-bond acceptors (Lipinski definition) is 4. The third-order valence-electron chi connectivity index (χ3n) is 4.62. The zero-order valence-corrected chi connectivity index (χ0v) is 17.2. The smallest absolute Gasteiger partial charge is 0.257 e. The summed E-state index contributed by atoms with van der Waals surface area (Å²) in [5.74, 6) is 1.58. The van der Waals surface area contributed by atoms with Crippen LogP contribution >= 0.6 is 11.6 Å². The summed E-state index contributed by atoms with van der Waals surface area (Å²) in [5, 5.41) is 4.24. The van der Waals surface area contributed by atoms with Gasteiger partial charge in [-0.25, -0.2) is 0 Å². The zero-order chi connectivity index (χ0) is 21.1. The normalized spacial score (nSPS) is 10.6. The lowest BCUT2D eigenvalue weighted by Gasteiger charge is -2.14. The quantitative estimate of drug-likeness (QED) is 0.416. The minimum absolute atomic E-state index is 0.294. The SMILES string of the molecule is COc1ccc2cc(C(=O)Nc3cc(Cl)ccc3Oc3ccccc3)c(C)nc2c1. The Labute approximate surface area is 179 Å². The van der Waals surface area contributed by atoms with E-state index < -0.39 is 0 Å². The fourth-order valence-corrected chi connectivity index (χ4v) is 3.27. The highest BCUT2D eigenvalue weighted by molar-refractivity contribution is 6.31. The Morgan fingerprint density at radius 1 is 0.967 bits per heavy atom. The third-order valence-corrected chi connectivity index (χ3v) is 4.86. The van der Waals surface area contributed by atoms with Crippen LogP contribution in [0.2, 0.25) is 5.02 Å². The van der Waals surface area contributed by atoms with Gasteiger partial charge in [0.05, 0.1) is 29.6 Å². The maximum atomic E-state index is 13.0.